The number of fused-ring (bicyclic) bond motifs is 9. The first-order chi connectivity index (χ1) is 19.9. The minimum Gasteiger partial charge on any atom is -0.309 e. The topological polar surface area (TPSA) is 9.86 Å². The molecule has 40 heavy (non-hydrogen) atoms. The highest BCUT2D eigenvalue weighted by molar-refractivity contribution is 6.25. The second kappa shape index (κ2) is 8.08. The molecule has 0 fully saturated rings. The smallest absolute Gasteiger partial charge is 0.0549 e. The van der Waals surface area contributed by atoms with Crippen LogP contribution in [-0.4, -0.2) is 9.13 Å². The molecule has 0 aliphatic heterocycles. The molecular weight excluding hydrogens is 484 g/mol. The van der Waals surface area contributed by atoms with Gasteiger partial charge >= 0.3 is 0 Å². The summed E-state index contributed by atoms with van der Waals surface area (Å²) in [4.78, 5) is 0. The van der Waals surface area contributed by atoms with Crippen LogP contribution in [0, 0.1) is 0 Å². The maximum Gasteiger partial charge on any atom is 0.0549 e. The molecule has 186 valence electrons. The summed E-state index contributed by atoms with van der Waals surface area (Å²) in [7, 11) is 0. The van der Waals surface area contributed by atoms with Crippen LogP contribution >= 0.6 is 0 Å². The van der Waals surface area contributed by atoms with E-state index in [0.717, 1.165) is 0 Å². The lowest BCUT2D eigenvalue weighted by Crippen LogP contribution is -1.95. The Morgan fingerprint density at radius 1 is 0.325 bits per heavy atom. The molecule has 0 spiro atoms. The van der Waals surface area contributed by atoms with Gasteiger partial charge in [0.05, 0.1) is 27.8 Å². The lowest BCUT2D eigenvalue weighted by molar-refractivity contribution is 1.18. The average Bonchev–Trinajstić information content (AvgIpc) is 3.52. The summed E-state index contributed by atoms with van der Waals surface area (Å²) in [5.41, 5.74) is 7.29. The predicted molar refractivity (Wildman–Crippen MR) is 170 cm³/mol. The Hall–Kier alpha value is -5.34. The van der Waals surface area contributed by atoms with E-state index >= 15 is 0 Å². The SMILES string of the molecule is c1ccc(-n2c3cc4c5ccccc5n(-c5cccc6ccccc56)c4cc3c3c4ccccc4ccc32)cc1. The van der Waals surface area contributed by atoms with Gasteiger partial charge in [-0.15, -0.1) is 0 Å². The van der Waals surface area contributed by atoms with Crippen molar-refractivity contribution < 1.29 is 0 Å². The van der Waals surface area contributed by atoms with E-state index in [9.17, 15) is 0 Å². The Balaban J connectivity index is 1.53. The molecule has 0 atom stereocenters. The fourth-order valence-corrected chi connectivity index (χ4v) is 6.77. The number of nitrogens with zero attached hydrogens (tertiary/aromatic N) is 2. The number of hydrogen-bond acceptors (Lipinski definition) is 0. The third-order valence-corrected chi connectivity index (χ3v) is 8.47. The highest BCUT2D eigenvalue weighted by atomic mass is 15.0. The van der Waals surface area contributed by atoms with Gasteiger partial charge in [-0.2, -0.15) is 0 Å². The average molecular weight is 509 g/mol. The first-order valence-electron chi connectivity index (χ1n) is 13.8. The highest BCUT2D eigenvalue weighted by Crippen LogP contribution is 2.42. The van der Waals surface area contributed by atoms with Crippen molar-refractivity contribution in [3.63, 3.8) is 0 Å². The Labute approximate surface area is 230 Å². The van der Waals surface area contributed by atoms with Gasteiger partial charge in [-0.3, -0.25) is 0 Å². The zero-order valence-corrected chi connectivity index (χ0v) is 21.8. The second-order valence-corrected chi connectivity index (χ2v) is 10.6. The van der Waals surface area contributed by atoms with Gasteiger partial charge in [-0.05, 0) is 58.6 Å². The number of hydrogen-bond donors (Lipinski definition) is 0. The van der Waals surface area contributed by atoms with Crippen LogP contribution in [0.3, 0.4) is 0 Å². The van der Waals surface area contributed by atoms with Crippen LogP contribution in [0.4, 0.5) is 0 Å². The monoisotopic (exact) mass is 508 g/mol. The van der Waals surface area contributed by atoms with Gasteiger partial charge in [0.2, 0.25) is 0 Å². The van der Waals surface area contributed by atoms with Gasteiger partial charge in [0.15, 0.2) is 0 Å². The molecule has 7 aromatic carbocycles. The Bertz CT molecular complexity index is 2420. The number of para-hydroxylation sites is 2. The van der Waals surface area contributed by atoms with Crippen LogP contribution in [0.1, 0.15) is 0 Å². The van der Waals surface area contributed by atoms with Crippen LogP contribution < -0.4 is 0 Å². The summed E-state index contributed by atoms with van der Waals surface area (Å²) in [6.45, 7) is 0. The molecule has 0 saturated heterocycles. The Kier molecular flexibility index (Phi) is 4.36. The fraction of sp³-hybridized carbons (Fsp3) is 0. The second-order valence-electron chi connectivity index (χ2n) is 10.6. The molecule has 2 heteroatoms. The normalized spacial score (nSPS) is 12.0. The molecule has 0 radical (unpaired) electrons. The molecule has 2 nitrogen and oxygen atoms in total. The molecule has 0 aliphatic carbocycles. The largest absolute Gasteiger partial charge is 0.309 e. The maximum atomic E-state index is 2.46. The number of benzene rings is 7. The summed E-state index contributed by atoms with van der Waals surface area (Å²) in [5, 5.41) is 10.1. The highest BCUT2D eigenvalue weighted by Gasteiger charge is 2.20. The van der Waals surface area contributed by atoms with Crippen LogP contribution in [0.5, 0.6) is 0 Å². The Morgan fingerprint density at radius 2 is 0.950 bits per heavy atom. The van der Waals surface area contributed by atoms with Crippen molar-refractivity contribution >= 4 is 65.2 Å². The number of rotatable bonds is 2. The molecule has 0 amide bonds. The molecule has 9 rings (SSSR count). The third kappa shape index (κ3) is 2.88. The van der Waals surface area contributed by atoms with E-state index in [1.807, 2.05) is 0 Å². The van der Waals surface area contributed by atoms with Crippen LogP contribution in [0.15, 0.2) is 146 Å². The van der Waals surface area contributed by atoms with Crippen molar-refractivity contribution in [1.82, 2.24) is 9.13 Å². The maximum absolute atomic E-state index is 2.46. The van der Waals surface area contributed by atoms with E-state index in [1.165, 1.54) is 76.5 Å². The van der Waals surface area contributed by atoms with Crippen molar-refractivity contribution in [3.05, 3.63) is 146 Å². The minimum absolute atomic E-state index is 1.18. The summed E-state index contributed by atoms with van der Waals surface area (Å²) >= 11 is 0. The molecule has 0 N–H and O–H groups in total. The zero-order valence-electron chi connectivity index (χ0n) is 21.8. The van der Waals surface area contributed by atoms with Crippen LogP contribution in [0.25, 0.3) is 76.5 Å². The van der Waals surface area contributed by atoms with E-state index < -0.39 is 0 Å². The molecule has 0 saturated carbocycles. The molecule has 0 bridgehead atoms. The van der Waals surface area contributed by atoms with Crippen LogP contribution in [0.2, 0.25) is 0 Å². The summed E-state index contributed by atoms with van der Waals surface area (Å²) < 4.78 is 4.89. The van der Waals surface area contributed by atoms with Crippen molar-refractivity contribution in [1.29, 1.82) is 0 Å². The molecular formula is C38H24N2. The van der Waals surface area contributed by atoms with Crippen molar-refractivity contribution in [2.75, 3.05) is 0 Å². The molecule has 2 heterocycles. The first kappa shape index (κ1) is 21.6. The standard InChI is InChI=1S/C38H24N2/c1-2-14-27(15-3-1)39-35-22-21-26-12-5-7-17-29(26)38(35)32-24-36-31(23-37(32)39)30-18-8-9-19-34(30)40(36)33-20-10-13-25-11-4-6-16-28(25)33/h1-24H. The summed E-state index contributed by atoms with van der Waals surface area (Å²) in [5.74, 6) is 0. The minimum atomic E-state index is 1.18. The first-order valence-corrected chi connectivity index (χ1v) is 13.8. The van der Waals surface area contributed by atoms with E-state index in [4.69, 9.17) is 0 Å². The lowest BCUT2D eigenvalue weighted by atomic mass is 10.0. The van der Waals surface area contributed by atoms with Crippen molar-refractivity contribution in [2.45, 2.75) is 0 Å². The van der Waals surface area contributed by atoms with E-state index in [1.54, 1.807) is 0 Å². The number of aromatic nitrogens is 2. The summed E-state index contributed by atoms with van der Waals surface area (Å²) in [6, 6.07) is 53.0. The molecule has 0 aliphatic rings. The van der Waals surface area contributed by atoms with Gasteiger partial charge in [0.25, 0.3) is 0 Å². The molecule has 9 aromatic rings. The predicted octanol–water partition coefficient (Wildman–Crippen LogP) is 10.2. The molecule has 2 aromatic heterocycles. The van der Waals surface area contributed by atoms with Crippen molar-refractivity contribution in [3.8, 4) is 11.4 Å². The quantitative estimate of drug-likeness (QED) is 0.220. The van der Waals surface area contributed by atoms with E-state index in [0.29, 0.717) is 0 Å². The summed E-state index contributed by atoms with van der Waals surface area (Å²) in [6.07, 6.45) is 0. The third-order valence-electron chi connectivity index (χ3n) is 8.47. The molecule has 0 unspecified atom stereocenters. The van der Waals surface area contributed by atoms with Gasteiger partial charge in [-0.1, -0.05) is 103 Å². The Morgan fingerprint density at radius 3 is 1.80 bits per heavy atom. The van der Waals surface area contributed by atoms with Gasteiger partial charge in [0.1, 0.15) is 0 Å². The van der Waals surface area contributed by atoms with Gasteiger partial charge < -0.3 is 9.13 Å². The lowest BCUT2D eigenvalue weighted by Gasteiger charge is -2.12. The zero-order chi connectivity index (χ0) is 26.2. The van der Waals surface area contributed by atoms with Crippen LogP contribution in [-0.2, 0) is 0 Å². The fourth-order valence-electron chi connectivity index (χ4n) is 6.77. The van der Waals surface area contributed by atoms with E-state index in [-0.39, 0.29) is 0 Å². The van der Waals surface area contributed by atoms with Crippen molar-refractivity contribution in [2.24, 2.45) is 0 Å². The van der Waals surface area contributed by atoms with Gasteiger partial charge in [0, 0.05) is 32.6 Å². The van der Waals surface area contributed by atoms with E-state index in [2.05, 4.69) is 155 Å². The van der Waals surface area contributed by atoms with Gasteiger partial charge in [-0.25, -0.2) is 0 Å².